The first-order chi connectivity index (χ1) is 19.3. The van der Waals surface area contributed by atoms with Crippen molar-refractivity contribution in [3.63, 3.8) is 0 Å². The van der Waals surface area contributed by atoms with Crippen LogP contribution in [0.3, 0.4) is 0 Å². The zero-order valence-corrected chi connectivity index (χ0v) is 26.3. The number of halogens is 2. The summed E-state index contributed by atoms with van der Waals surface area (Å²) in [7, 11) is 0. The molecule has 0 amide bonds. The minimum atomic E-state index is -0.422. The lowest BCUT2D eigenvalue weighted by Gasteiger charge is -2.48. The topological polar surface area (TPSA) is 55.8 Å². The van der Waals surface area contributed by atoms with Gasteiger partial charge in [0.15, 0.2) is 23.1 Å². The number of nitrogens with zero attached hydrogens (tertiary/aromatic N) is 1. The Morgan fingerprint density at radius 2 is 1.41 bits per heavy atom. The zero-order valence-electron chi connectivity index (χ0n) is 24.8. The molecule has 0 atom stereocenters. The van der Waals surface area contributed by atoms with Gasteiger partial charge in [0, 0.05) is 63.5 Å². The van der Waals surface area contributed by atoms with Crippen molar-refractivity contribution in [2.24, 2.45) is 10.8 Å². The highest BCUT2D eigenvalue weighted by atomic mass is 35.5. The van der Waals surface area contributed by atoms with Gasteiger partial charge in [0.2, 0.25) is 0 Å². The Balaban J connectivity index is 1.61. The van der Waals surface area contributed by atoms with Gasteiger partial charge in [-0.1, -0.05) is 63.0 Å². The van der Waals surface area contributed by atoms with Crippen molar-refractivity contribution < 1.29 is 19.1 Å². The van der Waals surface area contributed by atoms with E-state index < -0.39 is 5.92 Å². The molecule has 0 saturated heterocycles. The number of carbonyl (C=O) groups is 2. The second-order valence-corrected chi connectivity index (χ2v) is 13.8. The number of hydrogen-bond acceptors (Lipinski definition) is 5. The van der Waals surface area contributed by atoms with Crippen molar-refractivity contribution in [1.29, 1.82) is 0 Å². The lowest BCUT2D eigenvalue weighted by Crippen LogP contribution is -2.44. The van der Waals surface area contributed by atoms with E-state index >= 15 is 0 Å². The molecular formula is C34H39Cl2NO4. The predicted octanol–water partition coefficient (Wildman–Crippen LogP) is 8.68. The molecule has 7 heteroatoms. The first-order valence-electron chi connectivity index (χ1n) is 14.5. The van der Waals surface area contributed by atoms with Gasteiger partial charge in [-0.2, -0.15) is 0 Å². The third-order valence-corrected chi connectivity index (χ3v) is 8.92. The molecular weight excluding hydrogens is 557 g/mol. The summed E-state index contributed by atoms with van der Waals surface area (Å²) in [4.78, 5) is 30.1. The van der Waals surface area contributed by atoms with E-state index in [0.717, 1.165) is 53.1 Å². The van der Waals surface area contributed by atoms with Crippen molar-refractivity contribution >= 4 is 34.8 Å². The van der Waals surface area contributed by atoms with Gasteiger partial charge < -0.3 is 14.4 Å². The number of rotatable bonds is 7. The molecule has 0 N–H and O–H groups in total. The smallest absolute Gasteiger partial charge is 0.162 e. The molecule has 0 radical (unpaired) electrons. The number of hydrogen-bond donors (Lipinski definition) is 0. The zero-order chi connectivity index (χ0) is 29.7. The van der Waals surface area contributed by atoms with Gasteiger partial charge in [0.05, 0.1) is 6.61 Å². The van der Waals surface area contributed by atoms with Crippen LogP contribution in [0.5, 0.6) is 11.5 Å². The summed E-state index contributed by atoms with van der Waals surface area (Å²) >= 11 is 12.4. The van der Waals surface area contributed by atoms with Crippen LogP contribution in [-0.4, -0.2) is 29.6 Å². The second-order valence-electron chi connectivity index (χ2n) is 12.9. The fraction of sp³-hybridized carbons (Fsp3) is 0.471. The van der Waals surface area contributed by atoms with Crippen LogP contribution < -0.4 is 9.47 Å². The average molecular weight is 597 g/mol. The number of allylic oxidation sites excluding steroid dienone is 4. The standard InChI is InChI=1S/C34H39Cl2NO4/c1-7-37-24-15-33(3,4)17-26(38)31(24)30(32-25(37)16-34(5,6)18-27(32)39)20-10-12-28(29(13-20)40-8-2)41-19-21-9-11-22(35)14-23(21)36/h9-14,30H,7-8,15-19H2,1-6H3. The van der Waals surface area contributed by atoms with Crippen LogP contribution in [0.25, 0.3) is 0 Å². The maximum Gasteiger partial charge on any atom is 0.162 e. The maximum absolute atomic E-state index is 13.9. The Kier molecular flexibility index (Phi) is 8.08. The molecule has 3 aliphatic rings. The van der Waals surface area contributed by atoms with Gasteiger partial charge in [-0.25, -0.2) is 0 Å². The first-order valence-corrected chi connectivity index (χ1v) is 15.2. The Morgan fingerprint density at radius 1 is 0.805 bits per heavy atom. The van der Waals surface area contributed by atoms with Crippen LogP contribution in [0.1, 0.15) is 84.3 Å². The number of Topliss-reactive ketones (excluding diaryl/α,β-unsaturated/α-hetero) is 2. The molecule has 0 unspecified atom stereocenters. The summed E-state index contributed by atoms with van der Waals surface area (Å²) in [5.74, 6) is 0.973. The fourth-order valence-electron chi connectivity index (χ4n) is 6.65. The van der Waals surface area contributed by atoms with Crippen LogP contribution in [0, 0.1) is 10.8 Å². The summed E-state index contributed by atoms with van der Waals surface area (Å²) in [6.07, 6.45) is 2.52. The van der Waals surface area contributed by atoms with E-state index in [1.54, 1.807) is 12.1 Å². The van der Waals surface area contributed by atoms with Crippen molar-refractivity contribution in [2.45, 2.75) is 79.8 Å². The van der Waals surface area contributed by atoms with E-state index in [1.165, 1.54) is 0 Å². The van der Waals surface area contributed by atoms with E-state index in [9.17, 15) is 9.59 Å². The van der Waals surface area contributed by atoms with Crippen LogP contribution in [-0.2, 0) is 16.2 Å². The lowest BCUT2D eigenvalue weighted by molar-refractivity contribution is -0.119. The Labute approximate surface area is 253 Å². The highest BCUT2D eigenvalue weighted by Crippen LogP contribution is 2.54. The number of ketones is 2. The molecule has 2 aromatic rings. The normalized spacial score (nSPS) is 20.2. The monoisotopic (exact) mass is 595 g/mol. The third kappa shape index (κ3) is 5.81. The molecule has 0 spiro atoms. The molecule has 1 aliphatic heterocycles. The number of benzene rings is 2. The summed E-state index contributed by atoms with van der Waals surface area (Å²) in [5.41, 5.74) is 5.07. The molecule has 2 aliphatic carbocycles. The summed E-state index contributed by atoms with van der Waals surface area (Å²) in [6.45, 7) is 14.1. The van der Waals surface area contributed by atoms with Crippen LogP contribution in [0.2, 0.25) is 10.0 Å². The third-order valence-electron chi connectivity index (χ3n) is 8.34. The van der Waals surface area contributed by atoms with Crippen LogP contribution in [0.4, 0.5) is 0 Å². The Morgan fingerprint density at radius 3 is 1.95 bits per heavy atom. The molecule has 218 valence electrons. The highest BCUT2D eigenvalue weighted by molar-refractivity contribution is 6.35. The molecule has 0 saturated carbocycles. The molecule has 5 nitrogen and oxygen atoms in total. The molecule has 0 fully saturated rings. The van der Waals surface area contributed by atoms with Crippen molar-refractivity contribution in [1.82, 2.24) is 4.90 Å². The van der Waals surface area contributed by atoms with Crippen LogP contribution >= 0.6 is 23.2 Å². The van der Waals surface area contributed by atoms with Gasteiger partial charge in [0.1, 0.15) is 6.61 Å². The fourth-order valence-corrected chi connectivity index (χ4v) is 7.11. The average Bonchev–Trinajstić information content (AvgIpc) is 2.86. The SMILES string of the molecule is CCOc1cc(C2C3=C(CC(C)(C)CC3=O)N(CC)C3=C2C(=O)CC(C)(C)C3)ccc1OCc1ccc(Cl)cc1Cl. The largest absolute Gasteiger partial charge is 0.490 e. The lowest BCUT2D eigenvalue weighted by atomic mass is 9.63. The molecule has 5 rings (SSSR count). The van der Waals surface area contributed by atoms with Crippen LogP contribution in [0.15, 0.2) is 58.9 Å². The minimum Gasteiger partial charge on any atom is -0.490 e. The van der Waals surface area contributed by atoms with E-state index in [1.807, 2.05) is 31.2 Å². The highest BCUT2D eigenvalue weighted by Gasteiger charge is 2.48. The number of ether oxygens (including phenoxy) is 2. The molecule has 0 bridgehead atoms. The number of carbonyl (C=O) groups excluding carboxylic acids is 2. The quantitative estimate of drug-likeness (QED) is 0.320. The van der Waals surface area contributed by atoms with Gasteiger partial charge in [-0.3, -0.25) is 9.59 Å². The predicted molar refractivity (Wildman–Crippen MR) is 164 cm³/mol. The first kappa shape index (κ1) is 29.7. The van der Waals surface area contributed by atoms with E-state index in [4.69, 9.17) is 32.7 Å². The van der Waals surface area contributed by atoms with E-state index in [0.29, 0.717) is 41.0 Å². The molecule has 41 heavy (non-hydrogen) atoms. The second kappa shape index (κ2) is 11.1. The van der Waals surface area contributed by atoms with E-state index in [-0.39, 0.29) is 29.0 Å². The molecule has 2 aromatic carbocycles. The summed E-state index contributed by atoms with van der Waals surface area (Å²) < 4.78 is 12.2. The molecule has 1 heterocycles. The van der Waals surface area contributed by atoms with Gasteiger partial charge in [0.25, 0.3) is 0 Å². The molecule has 0 aromatic heterocycles. The van der Waals surface area contributed by atoms with Crippen molar-refractivity contribution in [3.8, 4) is 11.5 Å². The summed E-state index contributed by atoms with van der Waals surface area (Å²) in [5, 5.41) is 1.10. The Bertz CT molecular complexity index is 1420. The minimum absolute atomic E-state index is 0.125. The van der Waals surface area contributed by atoms with Crippen molar-refractivity contribution in [2.75, 3.05) is 13.2 Å². The maximum atomic E-state index is 13.9. The van der Waals surface area contributed by atoms with Gasteiger partial charge in [-0.05, 0) is 67.3 Å². The van der Waals surface area contributed by atoms with Gasteiger partial charge >= 0.3 is 0 Å². The Hall–Kier alpha value is -2.76. The van der Waals surface area contributed by atoms with E-state index in [2.05, 4.69) is 39.5 Å². The summed E-state index contributed by atoms with van der Waals surface area (Å²) in [6, 6.07) is 11.1. The van der Waals surface area contributed by atoms with Gasteiger partial charge in [-0.15, -0.1) is 0 Å². The van der Waals surface area contributed by atoms with Crippen molar-refractivity contribution in [3.05, 3.63) is 80.1 Å².